The average Bonchev–Trinajstić information content (AvgIpc) is 2.49. The lowest BCUT2D eigenvalue weighted by molar-refractivity contribution is 0.104. The van der Waals surface area contributed by atoms with Crippen LogP contribution in [-0.4, -0.2) is 17.8 Å². The normalized spacial score (nSPS) is 36.5. The average molecular weight is 185 g/mol. The number of aliphatic hydroxyl groups excluding tert-OH is 1. The molecule has 2 heteroatoms. The van der Waals surface area contributed by atoms with Crippen molar-refractivity contribution >= 4 is 0 Å². The maximum atomic E-state index is 9.10. The highest BCUT2D eigenvalue weighted by atomic mass is 16.3. The van der Waals surface area contributed by atoms with E-state index in [1.165, 1.54) is 25.7 Å². The van der Waals surface area contributed by atoms with Gasteiger partial charge in [0.1, 0.15) is 0 Å². The van der Waals surface area contributed by atoms with Gasteiger partial charge in [-0.3, -0.25) is 0 Å². The van der Waals surface area contributed by atoms with Gasteiger partial charge >= 0.3 is 0 Å². The Kier molecular flexibility index (Phi) is 3.74. The summed E-state index contributed by atoms with van der Waals surface area (Å²) in [5.41, 5.74) is 6.31. The van der Waals surface area contributed by atoms with Gasteiger partial charge in [0.15, 0.2) is 0 Å². The Morgan fingerprint density at radius 2 is 2.31 bits per heavy atom. The Labute approximate surface area is 81.5 Å². The first-order valence-electron chi connectivity index (χ1n) is 5.53. The molecule has 0 aromatic rings. The van der Waals surface area contributed by atoms with Crippen LogP contribution in [0.5, 0.6) is 0 Å². The van der Waals surface area contributed by atoms with E-state index in [9.17, 15) is 0 Å². The molecule has 3 unspecified atom stereocenters. The van der Waals surface area contributed by atoms with Crippen molar-refractivity contribution in [3.05, 3.63) is 0 Å². The fourth-order valence-electron chi connectivity index (χ4n) is 3.14. The van der Waals surface area contributed by atoms with Crippen molar-refractivity contribution in [1.29, 1.82) is 0 Å². The molecule has 1 aliphatic rings. The molecule has 2 nitrogen and oxygen atoms in total. The van der Waals surface area contributed by atoms with Crippen molar-refractivity contribution in [3.8, 4) is 0 Å². The number of hydrogen-bond acceptors (Lipinski definition) is 2. The Bertz CT molecular complexity index is 158. The second-order valence-corrected chi connectivity index (χ2v) is 4.49. The summed E-state index contributed by atoms with van der Waals surface area (Å²) >= 11 is 0. The van der Waals surface area contributed by atoms with Gasteiger partial charge in [-0.2, -0.15) is 0 Å². The van der Waals surface area contributed by atoms with E-state index in [1.54, 1.807) is 0 Å². The fourth-order valence-corrected chi connectivity index (χ4v) is 3.14. The number of nitrogens with two attached hydrogens (primary N) is 1. The molecule has 0 heterocycles. The monoisotopic (exact) mass is 185 g/mol. The van der Waals surface area contributed by atoms with Crippen LogP contribution >= 0.6 is 0 Å². The summed E-state index contributed by atoms with van der Waals surface area (Å²) in [6.07, 6.45) is 5.91. The third-order valence-electron chi connectivity index (χ3n) is 3.98. The quantitative estimate of drug-likeness (QED) is 0.703. The minimum atomic E-state index is 0.229. The Morgan fingerprint density at radius 1 is 1.62 bits per heavy atom. The minimum Gasteiger partial charge on any atom is -0.396 e. The lowest BCUT2D eigenvalue weighted by Gasteiger charge is -2.38. The molecule has 0 aliphatic heterocycles. The highest BCUT2D eigenvalue weighted by Crippen LogP contribution is 2.49. The zero-order chi connectivity index (χ0) is 9.90. The molecule has 1 saturated carbocycles. The number of rotatable bonds is 4. The van der Waals surface area contributed by atoms with Crippen LogP contribution in [0.2, 0.25) is 0 Å². The first-order valence-corrected chi connectivity index (χ1v) is 5.53. The van der Waals surface area contributed by atoms with E-state index in [1.807, 2.05) is 0 Å². The Balaban J connectivity index is 2.75. The third kappa shape index (κ3) is 1.89. The summed E-state index contributed by atoms with van der Waals surface area (Å²) in [6, 6.07) is 0.229. The van der Waals surface area contributed by atoms with Gasteiger partial charge in [0, 0.05) is 12.6 Å². The minimum absolute atomic E-state index is 0.229. The molecule has 3 atom stereocenters. The molecule has 1 aliphatic carbocycles. The van der Waals surface area contributed by atoms with E-state index in [0.29, 0.717) is 0 Å². The van der Waals surface area contributed by atoms with Gasteiger partial charge in [0.2, 0.25) is 0 Å². The first-order chi connectivity index (χ1) is 6.17. The molecule has 0 radical (unpaired) electrons. The van der Waals surface area contributed by atoms with E-state index in [4.69, 9.17) is 10.8 Å². The van der Waals surface area contributed by atoms with E-state index >= 15 is 0 Å². The van der Waals surface area contributed by atoms with Gasteiger partial charge < -0.3 is 10.8 Å². The molecule has 1 fully saturated rings. The standard InChI is InChI=1S/C11H23NO/c1-3-10-5-4-6-11(10,7-8-13)9(2)12/h9-10,13H,3-8,12H2,1-2H3. The second kappa shape index (κ2) is 4.43. The Hall–Kier alpha value is -0.0800. The van der Waals surface area contributed by atoms with E-state index in [2.05, 4.69) is 13.8 Å². The summed E-state index contributed by atoms with van der Waals surface area (Å²) in [7, 11) is 0. The lowest BCUT2D eigenvalue weighted by atomic mass is 9.69. The van der Waals surface area contributed by atoms with Crippen LogP contribution in [0.4, 0.5) is 0 Å². The molecule has 0 spiro atoms. The molecular weight excluding hydrogens is 162 g/mol. The summed E-state index contributed by atoms with van der Waals surface area (Å²) in [5, 5.41) is 9.10. The van der Waals surface area contributed by atoms with Gasteiger partial charge in [-0.05, 0) is 37.5 Å². The zero-order valence-electron chi connectivity index (χ0n) is 8.92. The van der Waals surface area contributed by atoms with Gasteiger partial charge in [-0.1, -0.05) is 19.8 Å². The van der Waals surface area contributed by atoms with Crippen molar-refractivity contribution in [3.63, 3.8) is 0 Å². The first kappa shape index (κ1) is 11.0. The number of hydrogen-bond donors (Lipinski definition) is 2. The smallest absolute Gasteiger partial charge is 0.0437 e. The van der Waals surface area contributed by atoms with Crippen molar-refractivity contribution < 1.29 is 5.11 Å². The molecule has 0 aromatic heterocycles. The molecule has 3 N–H and O–H groups in total. The third-order valence-corrected chi connectivity index (χ3v) is 3.98. The molecule has 1 rings (SSSR count). The van der Waals surface area contributed by atoms with Crippen LogP contribution in [0.3, 0.4) is 0 Å². The van der Waals surface area contributed by atoms with Crippen LogP contribution < -0.4 is 5.73 Å². The van der Waals surface area contributed by atoms with Gasteiger partial charge in [0.05, 0.1) is 0 Å². The van der Waals surface area contributed by atoms with Crippen LogP contribution in [0.15, 0.2) is 0 Å². The maximum absolute atomic E-state index is 9.10. The van der Waals surface area contributed by atoms with Crippen LogP contribution in [0.25, 0.3) is 0 Å². The summed E-state index contributed by atoms with van der Waals surface area (Å²) < 4.78 is 0. The second-order valence-electron chi connectivity index (χ2n) is 4.49. The molecule has 0 saturated heterocycles. The van der Waals surface area contributed by atoms with Crippen molar-refractivity contribution in [2.75, 3.05) is 6.61 Å². The predicted octanol–water partition coefficient (Wildman–Crippen LogP) is 1.91. The lowest BCUT2D eigenvalue weighted by Crippen LogP contribution is -2.42. The maximum Gasteiger partial charge on any atom is 0.0437 e. The van der Waals surface area contributed by atoms with Crippen molar-refractivity contribution in [1.82, 2.24) is 0 Å². The predicted molar refractivity (Wildman–Crippen MR) is 55.4 cm³/mol. The molecule has 0 aromatic carbocycles. The molecule has 13 heavy (non-hydrogen) atoms. The Morgan fingerprint density at radius 3 is 2.77 bits per heavy atom. The fraction of sp³-hybridized carbons (Fsp3) is 1.00. The van der Waals surface area contributed by atoms with Gasteiger partial charge in [-0.15, -0.1) is 0 Å². The van der Waals surface area contributed by atoms with E-state index in [-0.39, 0.29) is 18.1 Å². The summed E-state index contributed by atoms with van der Waals surface area (Å²) in [5.74, 6) is 0.736. The van der Waals surface area contributed by atoms with Crippen LogP contribution in [0.1, 0.15) is 46.0 Å². The molecule has 78 valence electrons. The summed E-state index contributed by atoms with van der Waals surface area (Å²) in [6.45, 7) is 4.63. The SMILES string of the molecule is CCC1CCCC1(CCO)C(C)N. The van der Waals surface area contributed by atoms with E-state index in [0.717, 1.165) is 12.3 Å². The van der Waals surface area contributed by atoms with Gasteiger partial charge in [-0.25, -0.2) is 0 Å². The molecular formula is C11H23NO. The van der Waals surface area contributed by atoms with Gasteiger partial charge in [0.25, 0.3) is 0 Å². The van der Waals surface area contributed by atoms with E-state index < -0.39 is 0 Å². The van der Waals surface area contributed by atoms with Crippen molar-refractivity contribution in [2.24, 2.45) is 17.1 Å². The zero-order valence-corrected chi connectivity index (χ0v) is 8.92. The topological polar surface area (TPSA) is 46.2 Å². The largest absolute Gasteiger partial charge is 0.396 e. The molecule has 0 amide bonds. The number of aliphatic hydroxyl groups is 1. The highest BCUT2D eigenvalue weighted by Gasteiger charge is 2.43. The molecule has 0 bridgehead atoms. The van der Waals surface area contributed by atoms with Crippen molar-refractivity contribution in [2.45, 2.75) is 52.0 Å². The summed E-state index contributed by atoms with van der Waals surface area (Å²) in [4.78, 5) is 0. The highest BCUT2D eigenvalue weighted by molar-refractivity contribution is 4.96. The van der Waals surface area contributed by atoms with Crippen LogP contribution in [-0.2, 0) is 0 Å². The van der Waals surface area contributed by atoms with Crippen LogP contribution in [0, 0.1) is 11.3 Å².